The van der Waals surface area contributed by atoms with Crippen LogP contribution in [0.2, 0.25) is 20.1 Å². The Morgan fingerprint density at radius 1 is 0.690 bits per heavy atom. The van der Waals surface area contributed by atoms with Crippen molar-refractivity contribution in [3.8, 4) is 11.5 Å². The normalized spacial score (nSPS) is 13.8. The van der Waals surface area contributed by atoms with Crippen LogP contribution in [0.25, 0.3) is 0 Å². The number of hydrogen-bond acceptors (Lipinski definition) is 4. The summed E-state index contributed by atoms with van der Waals surface area (Å²) in [6.07, 6.45) is 0. The quantitative estimate of drug-likeness (QED) is 0.311. The van der Waals surface area contributed by atoms with E-state index >= 15 is 0 Å². The van der Waals surface area contributed by atoms with E-state index < -0.39 is 26.4 Å². The Labute approximate surface area is 186 Å². The predicted octanol–water partition coefficient (Wildman–Crippen LogP) is 5.89. The van der Waals surface area contributed by atoms with Crippen LogP contribution in [0.15, 0.2) is 54.6 Å². The van der Waals surface area contributed by atoms with Gasteiger partial charge in [0.05, 0.1) is 5.02 Å². The van der Waals surface area contributed by atoms with Crippen LogP contribution in [0.3, 0.4) is 0 Å². The van der Waals surface area contributed by atoms with Crippen LogP contribution in [-0.2, 0) is 14.9 Å². The smallest absolute Gasteiger partial charge is 0.283 e. The molecule has 152 valence electrons. The fraction of sp³-hybridized carbons (Fsp3) is 0.0526. The van der Waals surface area contributed by atoms with Crippen molar-refractivity contribution in [3.63, 3.8) is 0 Å². The zero-order chi connectivity index (χ0) is 21.6. The standard InChI is InChI=1S/C19H12Cl4O5S/c20-11-3-1-10(2-4-11)19(29(26,27)28,14-7-12(21)5-6-16(14)24)15-8-13(22)9-17(25)18(15)23/h1-9,24-25H,(H,26,27,28). The maximum absolute atomic E-state index is 13.0. The molecule has 29 heavy (non-hydrogen) atoms. The zero-order valence-electron chi connectivity index (χ0n) is 14.3. The lowest BCUT2D eigenvalue weighted by atomic mass is 9.83. The number of aromatic hydroxyl groups is 2. The van der Waals surface area contributed by atoms with E-state index in [1.807, 2.05) is 0 Å². The second-order valence-corrected chi connectivity index (χ2v) is 9.36. The third-order valence-corrected chi connectivity index (χ3v) is 6.92. The van der Waals surface area contributed by atoms with Gasteiger partial charge >= 0.3 is 0 Å². The predicted molar refractivity (Wildman–Crippen MR) is 114 cm³/mol. The number of rotatable bonds is 4. The van der Waals surface area contributed by atoms with Crippen molar-refractivity contribution in [3.05, 3.63) is 91.4 Å². The van der Waals surface area contributed by atoms with E-state index in [-0.39, 0.29) is 31.8 Å². The van der Waals surface area contributed by atoms with Crippen molar-refractivity contribution in [2.24, 2.45) is 0 Å². The van der Waals surface area contributed by atoms with Crippen molar-refractivity contribution in [2.45, 2.75) is 4.75 Å². The molecule has 0 aromatic heterocycles. The van der Waals surface area contributed by atoms with Gasteiger partial charge in [-0.1, -0.05) is 58.5 Å². The number of halogens is 4. The van der Waals surface area contributed by atoms with Crippen molar-refractivity contribution < 1.29 is 23.2 Å². The minimum Gasteiger partial charge on any atom is -0.508 e. The largest absolute Gasteiger partial charge is 0.508 e. The van der Waals surface area contributed by atoms with Gasteiger partial charge in [-0.3, -0.25) is 4.55 Å². The van der Waals surface area contributed by atoms with Crippen LogP contribution in [0.5, 0.6) is 11.5 Å². The molecule has 0 bridgehead atoms. The van der Waals surface area contributed by atoms with E-state index in [4.69, 9.17) is 46.4 Å². The van der Waals surface area contributed by atoms with Gasteiger partial charge in [0.15, 0.2) is 4.75 Å². The van der Waals surface area contributed by atoms with Crippen LogP contribution in [0, 0.1) is 0 Å². The fourth-order valence-electron chi connectivity index (χ4n) is 3.19. The molecule has 3 rings (SSSR count). The first-order chi connectivity index (χ1) is 13.5. The van der Waals surface area contributed by atoms with Crippen LogP contribution >= 0.6 is 46.4 Å². The molecule has 3 N–H and O–H groups in total. The highest BCUT2D eigenvalue weighted by atomic mass is 35.5. The minimum absolute atomic E-state index is 0.0227. The Bertz CT molecular complexity index is 1200. The molecule has 0 aliphatic carbocycles. The second-order valence-electron chi connectivity index (χ2n) is 6.11. The monoisotopic (exact) mass is 492 g/mol. The molecule has 0 aliphatic heterocycles. The lowest BCUT2D eigenvalue weighted by Gasteiger charge is -2.34. The SMILES string of the molecule is O=S(=O)(O)C(c1ccc(Cl)cc1)(c1cc(Cl)ccc1O)c1cc(Cl)cc(O)c1Cl. The number of benzene rings is 3. The highest BCUT2D eigenvalue weighted by molar-refractivity contribution is 7.87. The molecule has 0 amide bonds. The van der Waals surface area contributed by atoms with E-state index in [1.165, 1.54) is 48.5 Å². The van der Waals surface area contributed by atoms with Gasteiger partial charge in [-0.25, -0.2) is 0 Å². The molecule has 10 heteroatoms. The summed E-state index contributed by atoms with van der Waals surface area (Å²) in [6, 6.07) is 11.4. The van der Waals surface area contributed by atoms with Crippen molar-refractivity contribution in [1.29, 1.82) is 0 Å². The Morgan fingerprint density at radius 2 is 1.24 bits per heavy atom. The molecule has 0 saturated carbocycles. The van der Waals surface area contributed by atoms with Crippen molar-refractivity contribution in [2.75, 3.05) is 0 Å². The molecule has 0 radical (unpaired) electrons. The summed E-state index contributed by atoms with van der Waals surface area (Å²) >= 11 is 24.3. The van der Waals surface area contributed by atoms with Crippen LogP contribution in [-0.4, -0.2) is 23.2 Å². The highest BCUT2D eigenvalue weighted by Crippen LogP contribution is 2.51. The van der Waals surface area contributed by atoms with E-state index in [9.17, 15) is 23.2 Å². The Morgan fingerprint density at radius 3 is 1.83 bits per heavy atom. The maximum Gasteiger partial charge on any atom is 0.283 e. The van der Waals surface area contributed by atoms with Crippen LogP contribution < -0.4 is 0 Å². The lowest BCUT2D eigenvalue weighted by molar-refractivity contribution is 0.439. The first kappa shape index (κ1) is 22.0. The van der Waals surface area contributed by atoms with Gasteiger partial charge in [-0.15, -0.1) is 0 Å². The van der Waals surface area contributed by atoms with E-state index in [1.54, 1.807) is 0 Å². The first-order valence-corrected chi connectivity index (χ1v) is 10.8. The highest BCUT2D eigenvalue weighted by Gasteiger charge is 2.51. The van der Waals surface area contributed by atoms with Gasteiger partial charge < -0.3 is 10.2 Å². The fourth-order valence-corrected chi connectivity index (χ4v) is 5.32. The summed E-state index contributed by atoms with van der Waals surface area (Å²) in [7, 11) is -5.11. The molecule has 1 unspecified atom stereocenters. The molecule has 3 aromatic rings. The van der Waals surface area contributed by atoms with E-state index in [0.29, 0.717) is 5.02 Å². The number of phenolic OH excluding ortho intramolecular Hbond substituents is 2. The van der Waals surface area contributed by atoms with Crippen molar-refractivity contribution >= 4 is 56.5 Å². The average Bonchev–Trinajstić information content (AvgIpc) is 2.62. The average molecular weight is 494 g/mol. The molecule has 5 nitrogen and oxygen atoms in total. The summed E-state index contributed by atoms with van der Waals surface area (Å²) in [5.41, 5.74) is -0.601. The third-order valence-electron chi connectivity index (χ3n) is 4.37. The van der Waals surface area contributed by atoms with Gasteiger partial charge in [0.25, 0.3) is 10.1 Å². The molecule has 1 atom stereocenters. The number of phenols is 2. The van der Waals surface area contributed by atoms with Crippen LogP contribution in [0.1, 0.15) is 16.7 Å². The maximum atomic E-state index is 13.0. The molecular weight excluding hydrogens is 482 g/mol. The molecule has 0 aliphatic rings. The van der Waals surface area contributed by atoms with Gasteiger partial charge in [0, 0.05) is 32.3 Å². The molecule has 0 saturated heterocycles. The summed E-state index contributed by atoms with van der Waals surface area (Å²) in [5, 5.41) is 20.7. The van der Waals surface area contributed by atoms with Gasteiger partial charge in [-0.05, 0) is 42.0 Å². The van der Waals surface area contributed by atoms with Gasteiger partial charge in [0.2, 0.25) is 0 Å². The minimum atomic E-state index is -5.11. The summed E-state index contributed by atoms with van der Waals surface area (Å²) in [5.74, 6) is -1.00. The Balaban J connectivity index is 2.63. The molecule has 3 aromatic carbocycles. The van der Waals surface area contributed by atoms with Gasteiger partial charge in [0.1, 0.15) is 11.5 Å². The van der Waals surface area contributed by atoms with Gasteiger partial charge in [-0.2, -0.15) is 8.42 Å². The Hall–Kier alpha value is -1.67. The van der Waals surface area contributed by atoms with Crippen molar-refractivity contribution in [1.82, 2.24) is 0 Å². The molecule has 0 fully saturated rings. The topological polar surface area (TPSA) is 94.8 Å². The van der Waals surface area contributed by atoms with Crippen LogP contribution in [0.4, 0.5) is 0 Å². The first-order valence-electron chi connectivity index (χ1n) is 7.89. The summed E-state index contributed by atoms with van der Waals surface area (Å²) in [4.78, 5) is 0. The third kappa shape index (κ3) is 3.77. The molecule has 0 heterocycles. The Kier molecular flexibility index (Phi) is 5.98. The second kappa shape index (κ2) is 7.87. The lowest BCUT2D eigenvalue weighted by Crippen LogP contribution is -2.38. The van der Waals surface area contributed by atoms with E-state index in [0.717, 1.165) is 6.07 Å². The molecule has 0 spiro atoms. The van der Waals surface area contributed by atoms with E-state index in [2.05, 4.69) is 0 Å². The summed E-state index contributed by atoms with van der Waals surface area (Å²) < 4.78 is 33.9. The summed E-state index contributed by atoms with van der Waals surface area (Å²) in [6.45, 7) is 0. The zero-order valence-corrected chi connectivity index (χ0v) is 18.1. The number of hydrogen-bond donors (Lipinski definition) is 3. The molecular formula is C19H12Cl4O5S.